The zero-order chi connectivity index (χ0) is 21.4. The molecule has 1 aliphatic rings. The Morgan fingerprint density at radius 3 is 2.50 bits per heavy atom. The molecule has 2 amide bonds. The number of benzene rings is 2. The van der Waals surface area contributed by atoms with Crippen LogP contribution < -0.4 is 10.4 Å². The number of hydrogen-bond acceptors (Lipinski definition) is 4. The topological polar surface area (TPSA) is 99.9 Å². The summed E-state index contributed by atoms with van der Waals surface area (Å²) in [5.74, 6) is -1.47. The number of carbonyl (C=O) groups is 3. The van der Waals surface area contributed by atoms with Gasteiger partial charge in [0.2, 0.25) is 0 Å². The van der Waals surface area contributed by atoms with Gasteiger partial charge in [-0.1, -0.05) is 33.6 Å². The van der Waals surface area contributed by atoms with Crippen LogP contribution in [0.5, 0.6) is 0 Å². The fourth-order valence-electron chi connectivity index (χ4n) is 2.90. The van der Waals surface area contributed by atoms with Crippen LogP contribution in [0, 0.1) is 0 Å². The highest BCUT2D eigenvalue weighted by molar-refractivity contribution is 9.10. The first kappa shape index (κ1) is 19.9. The third-order valence-electron chi connectivity index (χ3n) is 4.37. The number of hydrazine groups is 1. The van der Waals surface area contributed by atoms with Crippen LogP contribution in [0.15, 0.2) is 69.1 Å². The Morgan fingerprint density at radius 2 is 1.83 bits per heavy atom. The zero-order valence-electron chi connectivity index (χ0n) is 15.1. The molecular weight excluding hydrogens is 476 g/mol. The number of hydrogen-bond donors (Lipinski definition) is 2. The number of carboxylic acid groups (broad SMARTS) is 1. The smallest absolute Gasteiger partial charge is 0.337 e. The Labute approximate surface area is 183 Å². The maximum atomic E-state index is 12.7. The molecule has 0 atom stereocenters. The van der Waals surface area contributed by atoms with E-state index in [4.69, 9.17) is 21.1 Å². The first-order valence-electron chi connectivity index (χ1n) is 8.59. The Bertz CT molecular complexity index is 1220. The van der Waals surface area contributed by atoms with E-state index in [0.717, 1.165) is 9.48 Å². The fourth-order valence-corrected chi connectivity index (χ4v) is 3.42. The molecule has 150 valence electrons. The fraction of sp³-hybridized carbons (Fsp3) is 0. The summed E-state index contributed by atoms with van der Waals surface area (Å²) in [7, 11) is 0. The normalized spacial score (nSPS) is 15.0. The molecule has 2 N–H and O–H groups in total. The third-order valence-corrected chi connectivity index (χ3v) is 5.22. The van der Waals surface area contributed by atoms with E-state index in [1.807, 2.05) is 0 Å². The summed E-state index contributed by atoms with van der Waals surface area (Å²) < 4.78 is 6.55. The van der Waals surface area contributed by atoms with Crippen LogP contribution in [0.3, 0.4) is 0 Å². The SMILES string of the molecule is O=C1NN(c2ccc(Br)cc2)C(=O)C1=Cc1ccc(-c2ccc(C(=O)O)c(Cl)c2)o1. The van der Waals surface area contributed by atoms with Gasteiger partial charge in [0.1, 0.15) is 17.1 Å². The molecule has 7 nitrogen and oxygen atoms in total. The number of nitrogens with zero attached hydrogens (tertiary/aromatic N) is 1. The maximum Gasteiger partial charge on any atom is 0.337 e. The molecule has 2 aromatic carbocycles. The number of rotatable bonds is 4. The van der Waals surface area contributed by atoms with E-state index in [0.29, 0.717) is 22.8 Å². The van der Waals surface area contributed by atoms with Crippen molar-refractivity contribution in [1.29, 1.82) is 0 Å². The standard InChI is InChI=1S/C21H12BrClN2O5/c22-12-2-4-13(5-3-12)25-20(27)16(19(26)24-25)10-14-6-8-18(30-14)11-1-7-15(21(28)29)17(23)9-11/h1-10H,(H,24,26)(H,28,29). The molecule has 0 bridgehead atoms. The van der Waals surface area contributed by atoms with E-state index >= 15 is 0 Å². The lowest BCUT2D eigenvalue weighted by Crippen LogP contribution is -2.35. The van der Waals surface area contributed by atoms with E-state index in [-0.39, 0.29) is 16.2 Å². The second-order valence-electron chi connectivity index (χ2n) is 6.32. The number of carboxylic acids is 1. The number of carbonyl (C=O) groups excluding carboxylic acids is 2. The lowest BCUT2D eigenvalue weighted by Gasteiger charge is -2.14. The largest absolute Gasteiger partial charge is 0.478 e. The second-order valence-corrected chi connectivity index (χ2v) is 7.64. The van der Waals surface area contributed by atoms with Crippen molar-refractivity contribution in [2.75, 3.05) is 5.01 Å². The summed E-state index contributed by atoms with van der Waals surface area (Å²) in [4.78, 5) is 36.1. The number of aromatic carboxylic acids is 1. The Morgan fingerprint density at radius 1 is 1.10 bits per heavy atom. The molecule has 1 saturated heterocycles. The molecule has 4 rings (SSSR count). The van der Waals surface area contributed by atoms with Crippen molar-refractivity contribution >= 4 is 57.1 Å². The molecule has 3 aromatic rings. The molecule has 1 aromatic heterocycles. The average molecular weight is 488 g/mol. The summed E-state index contributed by atoms with van der Waals surface area (Å²) in [6.45, 7) is 0. The molecule has 9 heteroatoms. The number of anilines is 1. The number of halogens is 2. The Hall–Kier alpha value is -3.36. The van der Waals surface area contributed by atoms with Gasteiger partial charge in [0.05, 0.1) is 16.3 Å². The maximum absolute atomic E-state index is 12.7. The second kappa shape index (κ2) is 7.81. The highest BCUT2D eigenvalue weighted by Gasteiger charge is 2.34. The lowest BCUT2D eigenvalue weighted by atomic mass is 10.1. The van der Waals surface area contributed by atoms with Gasteiger partial charge in [-0.25, -0.2) is 9.80 Å². The molecule has 1 fully saturated rings. The summed E-state index contributed by atoms with van der Waals surface area (Å²) in [6.07, 6.45) is 1.35. The van der Waals surface area contributed by atoms with Gasteiger partial charge in [-0.15, -0.1) is 0 Å². The molecule has 0 unspecified atom stereocenters. The van der Waals surface area contributed by atoms with Crippen molar-refractivity contribution in [1.82, 2.24) is 5.43 Å². The van der Waals surface area contributed by atoms with Gasteiger partial charge in [-0.3, -0.25) is 15.0 Å². The van der Waals surface area contributed by atoms with Crippen molar-refractivity contribution in [3.63, 3.8) is 0 Å². The van der Waals surface area contributed by atoms with Gasteiger partial charge in [-0.05, 0) is 54.6 Å². The lowest BCUT2D eigenvalue weighted by molar-refractivity contribution is -0.117. The van der Waals surface area contributed by atoms with Crippen LogP contribution in [0.4, 0.5) is 5.69 Å². The Balaban J connectivity index is 1.60. The average Bonchev–Trinajstić information content (AvgIpc) is 3.29. The minimum absolute atomic E-state index is 0.0180. The zero-order valence-corrected chi connectivity index (χ0v) is 17.4. The number of nitrogens with one attached hydrogen (secondary N) is 1. The monoisotopic (exact) mass is 486 g/mol. The minimum Gasteiger partial charge on any atom is -0.478 e. The predicted molar refractivity (Wildman–Crippen MR) is 114 cm³/mol. The van der Waals surface area contributed by atoms with Crippen molar-refractivity contribution in [3.05, 3.63) is 81.0 Å². The van der Waals surface area contributed by atoms with Crippen molar-refractivity contribution < 1.29 is 23.9 Å². The van der Waals surface area contributed by atoms with Crippen LogP contribution in [0.2, 0.25) is 5.02 Å². The molecule has 0 aliphatic carbocycles. The van der Waals surface area contributed by atoms with Crippen LogP contribution in [-0.4, -0.2) is 22.9 Å². The highest BCUT2D eigenvalue weighted by Crippen LogP contribution is 2.29. The third kappa shape index (κ3) is 3.74. The van der Waals surface area contributed by atoms with Crippen LogP contribution in [0.25, 0.3) is 17.4 Å². The molecule has 0 saturated carbocycles. The van der Waals surface area contributed by atoms with Gasteiger partial charge in [0.15, 0.2) is 0 Å². The molecular formula is C21H12BrClN2O5. The summed E-state index contributed by atoms with van der Waals surface area (Å²) in [6, 6.07) is 14.6. The molecule has 1 aliphatic heterocycles. The van der Waals surface area contributed by atoms with Gasteiger partial charge in [0, 0.05) is 10.0 Å². The highest BCUT2D eigenvalue weighted by atomic mass is 79.9. The van der Waals surface area contributed by atoms with E-state index in [2.05, 4.69) is 21.4 Å². The van der Waals surface area contributed by atoms with E-state index in [1.54, 1.807) is 42.5 Å². The predicted octanol–water partition coefficient (Wildman–Crippen LogP) is 4.52. The van der Waals surface area contributed by atoms with Crippen molar-refractivity contribution in [2.45, 2.75) is 0 Å². The molecule has 0 spiro atoms. The summed E-state index contributed by atoms with van der Waals surface area (Å²) in [5.41, 5.74) is 3.51. The van der Waals surface area contributed by atoms with E-state index in [9.17, 15) is 14.4 Å². The quantitative estimate of drug-likeness (QED) is 0.416. The van der Waals surface area contributed by atoms with Crippen LogP contribution in [0.1, 0.15) is 16.1 Å². The summed E-state index contributed by atoms with van der Waals surface area (Å²) in [5, 5.41) is 10.3. The van der Waals surface area contributed by atoms with Crippen LogP contribution in [-0.2, 0) is 9.59 Å². The Kier molecular flexibility index (Phi) is 5.19. The first-order chi connectivity index (χ1) is 14.3. The molecule has 2 heterocycles. The number of furan rings is 1. The summed E-state index contributed by atoms with van der Waals surface area (Å²) >= 11 is 9.32. The van der Waals surface area contributed by atoms with Gasteiger partial charge >= 0.3 is 5.97 Å². The van der Waals surface area contributed by atoms with E-state index in [1.165, 1.54) is 18.2 Å². The molecule has 30 heavy (non-hydrogen) atoms. The minimum atomic E-state index is -1.13. The van der Waals surface area contributed by atoms with E-state index < -0.39 is 17.8 Å². The molecule has 0 radical (unpaired) electrons. The van der Waals surface area contributed by atoms with Crippen molar-refractivity contribution in [3.8, 4) is 11.3 Å². The van der Waals surface area contributed by atoms with Crippen LogP contribution >= 0.6 is 27.5 Å². The van der Waals surface area contributed by atoms with Gasteiger partial charge in [-0.2, -0.15) is 0 Å². The van der Waals surface area contributed by atoms with Gasteiger partial charge in [0.25, 0.3) is 11.8 Å². The van der Waals surface area contributed by atoms with Gasteiger partial charge < -0.3 is 9.52 Å². The van der Waals surface area contributed by atoms with Crippen molar-refractivity contribution in [2.24, 2.45) is 0 Å². The number of amides is 2. The first-order valence-corrected chi connectivity index (χ1v) is 9.76.